The Hall–Kier alpha value is -1.91. The second kappa shape index (κ2) is 5.38. The number of rotatable bonds is 2. The number of amides is 1. The Morgan fingerprint density at radius 3 is 2.79 bits per heavy atom. The van der Waals surface area contributed by atoms with Gasteiger partial charge in [-0.2, -0.15) is 0 Å². The van der Waals surface area contributed by atoms with Gasteiger partial charge in [-0.1, -0.05) is 6.07 Å². The number of nitro groups is 1. The van der Waals surface area contributed by atoms with Crippen molar-refractivity contribution in [2.75, 3.05) is 6.54 Å². The standard InChI is InChI=1S/C14H18N2O3/c1-10-6-7-12(9-13(10)16(18)19)14(17)15-8-4-3-5-11(15)2/h6-7,9,11H,3-5,8H2,1-2H3. The zero-order chi connectivity index (χ0) is 14.0. The van der Waals surface area contributed by atoms with Crippen LogP contribution >= 0.6 is 0 Å². The van der Waals surface area contributed by atoms with Gasteiger partial charge in [0.15, 0.2) is 0 Å². The summed E-state index contributed by atoms with van der Waals surface area (Å²) in [5.74, 6) is -0.102. The normalized spacial score (nSPS) is 19.3. The van der Waals surface area contributed by atoms with Crippen molar-refractivity contribution >= 4 is 11.6 Å². The van der Waals surface area contributed by atoms with E-state index in [0.717, 1.165) is 25.8 Å². The number of aryl methyl sites for hydroxylation is 1. The second-order valence-electron chi connectivity index (χ2n) is 5.10. The summed E-state index contributed by atoms with van der Waals surface area (Å²) in [5, 5.41) is 10.9. The van der Waals surface area contributed by atoms with E-state index in [4.69, 9.17) is 0 Å². The van der Waals surface area contributed by atoms with Gasteiger partial charge in [0, 0.05) is 29.8 Å². The Morgan fingerprint density at radius 2 is 2.16 bits per heavy atom. The summed E-state index contributed by atoms with van der Waals surface area (Å²) in [5.41, 5.74) is 0.995. The van der Waals surface area contributed by atoms with Crippen LogP contribution in [-0.2, 0) is 0 Å². The maximum absolute atomic E-state index is 12.4. The summed E-state index contributed by atoms with van der Waals surface area (Å²) in [6.45, 7) is 4.44. The summed E-state index contributed by atoms with van der Waals surface area (Å²) in [7, 11) is 0. The summed E-state index contributed by atoms with van der Waals surface area (Å²) in [4.78, 5) is 24.7. The summed E-state index contributed by atoms with van der Waals surface area (Å²) in [6.07, 6.45) is 3.14. The molecular weight excluding hydrogens is 244 g/mol. The molecule has 2 rings (SSSR count). The lowest BCUT2D eigenvalue weighted by atomic mass is 10.0. The van der Waals surface area contributed by atoms with Gasteiger partial charge in [-0.3, -0.25) is 14.9 Å². The molecule has 1 amide bonds. The fraction of sp³-hybridized carbons (Fsp3) is 0.500. The molecule has 1 saturated heterocycles. The van der Waals surface area contributed by atoms with E-state index in [1.54, 1.807) is 19.1 Å². The van der Waals surface area contributed by atoms with Crippen LogP contribution in [0.4, 0.5) is 5.69 Å². The highest BCUT2D eigenvalue weighted by Crippen LogP contribution is 2.23. The number of nitrogens with zero attached hydrogens (tertiary/aromatic N) is 2. The van der Waals surface area contributed by atoms with E-state index in [9.17, 15) is 14.9 Å². The zero-order valence-electron chi connectivity index (χ0n) is 11.3. The number of piperidine rings is 1. The van der Waals surface area contributed by atoms with E-state index in [-0.39, 0.29) is 17.6 Å². The van der Waals surface area contributed by atoms with E-state index in [0.29, 0.717) is 11.1 Å². The first-order chi connectivity index (χ1) is 9.00. The molecule has 0 aliphatic carbocycles. The fourth-order valence-corrected chi connectivity index (χ4v) is 2.50. The molecule has 5 nitrogen and oxygen atoms in total. The molecule has 0 radical (unpaired) electrons. The van der Waals surface area contributed by atoms with Crippen LogP contribution in [0.15, 0.2) is 18.2 Å². The Kier molecular flexibility index (Phi) is 3.83. The molecule has 1 atom stereocenters. The number of hydrogen-bond donors (Lipinski definition) is 0. The van der Waals surface area contributed by atoms with Gasteiger partial charge in [-0.15, -0.1) is 0 Å². The molecule has 5 heteroatoms. The monoisotopic (exact) mass is 262 g/mol. The van der Waals surface area contributed by atoms with Crippen LogP contribution in [0.2, 0.25) is 0 Å². The van der Waals surface area contributed by atoms with Crippen LogP contribution in [0.3, 0.4) is 0 Å². The molecule has 19 heavy (non-hydrogen) atoms. The first-order valence-corrected chi connectivity index (χ1v) is 6.56. The Labute approximate surface area is 112 Å². The van der Waals surface area contributed by atoms with Gasteiger partial charge >= 0.3 is 0 Å². The first kappa shape index (κ1) is 13.5. The quantitative estimate of drug-likeness (QED) is 0.608. The smallest absolute Gasteiger partial charge is 0.273 e. The molecule has 0 bridgehead atoms. The Morgan fingerprint density at radius 1 is 1.42 bits per heavy atom. The van der Waals surface area contributed by atoms with Crippen LogP contribution in [-0.4, -0.2) is 28.3 Å². The van der Waals surface area contributed by atoms with Crippen molar-refractivity contribution in [1.82, 2.24) is 4.90 Å². The molecule has 0 saturated carbocycles. The van der Waals surface area contributed by atoms with Crippen LogP contribution < -0.4 is 0 Å². The van der Waals surface area contributed by atoms with Crippen LogP contribution in [0, 0.1) is 17.0 Å². The van der Waals surface area contributed by atoms with E-state index in [1.807, 2.05) is 11.8 Å². The average Bonchev–Trinajstić information content (AvgIpc) is 2.38. The molecule has 0 spiro atoms. The van der Waals surface area contributed by atoms with Crippen molar-refractivity contribution in [2.45, 2.75) is 39.2 Å². The molecule has 0 aromatic heterocycles. The van der Waals surface area contributed by atoms with Crippen molar-refractivity contribution in [3.05, 3.63) is 39.4 Å². The topological polar surface area (TPSA) is 63.5 Å². The highest BCUT2D eigenvalue weighted by Gasteiger charge is 2.25. The molecular formula is C14H18N2O3. The van der Waals surface area contributed by atoms with Crippen molar-refractivity contribution in [3.63, 3.8) is 0 Å². The number of nitro benzene ring substituents is 1. The van der Waals surface area contributed by atoms with Crippen LogP contribution in [0.25, 0.3) is 0 Å². The van der Waals surface area contributed by atoms with Crippen molar-refractivity contribution in [3.8, 4) is 0 Å². The lowest BCUT2D eigenvalue weighted by Crippen LogP contribution is -2.42. The van der Waals surface area contributed by atoms with Crippen molar-refractivity contribution in [1.29, 1.82) is 0 Å². The Bertz CT molecular complexity index is 513. The third-order valence-electron chi connectivity index (χ3n) is 3.72. The molecule has 1 aliphatic heterocycles. The van der Waals surface area contributed by atoms with Gasteiger partial charge in [0.05, 0.1) is 4.92 Å². The predicted octanol–water partition coefficient (Wildman–Crippen LogP) is 2.92. The van der Waals surface area contributed by atoms with E-state index in [1.165, 1.54) is 6.07 Å². The van der Waals surface area contributed by atoms with Gasteiger partial charge in [0.2, 0.25) is 0 Å². The number of carbonyl (C=O) groups excluding carboxylic acids is 1. The maximum Gasteiger partial charge on any atom is 0.273 e. The lowest BCUT2D eigenvalue weighted by molar-refractivity contribution is -0.385. The minimum absolute atomic E-state index is 0.00973. The molecule has 1 heterocycles. The first-order valence-electron chi connectivity index (χ1n) is 6.56. The SMILES string of the molecule is Cc1ccc(C(=O)N2CCCCC2C)cc1[N+](=O)[O-]. The lowest BCUT2D eigenvalue weighted by Gasteiger charge is -2.33. The third kappa shape index (κ3) is 2.75. The summed E-state index contributed by atoms with van der Waals surface area (Å²) in [6, 6.07) is 4.91. The highest BCUT2D eigenvalue weighted by atomic mass is 16.6. The van der Waals surface area contributed by atoms with Crippen LogP contribution in [0.5, 0.6) is 0 Å². The number of benzene rings is 1. The Balaban J connectivity index is 2.28. The van der Waals surface area contributed by atoms with Crippen molar-refractivity contribution in [2.24, 2.45) is 0 Å². The molecule has 1 aromatic carbocycles. The largest absolute Gasteiger partial charge is 0.336 e. The molecule has 0 N–H and O–H groups in total. The van der Waals surface area contributed by atoms with Crippen LogP contribution in [0.1, 0.15) is 42.1 Å². The van der Waals surface area contributed by atoms with Gasteiger partial charge in [0.25, 0.3) is 11.6 Å². The van der Waals surface area contributed by atoms with Gasteiger partial charge in [-0.25, -0.2) is 0 Å². The van der Waals surface area contributed by atoms with Crippen molar-refractivity contribution < 1.29 is 9.72 Å². The number of hydrogen-bond acceptors (Lipinski definition) is 3. The van der Waals surface area contributed by atoms with E-state index in [2.05, 4.69) is 0 Å². The highest BCUT2D eigenvalue weighted by molar-refractivity contribution is 5.95. The number of carbonyl (C=O) groups is 1. The second-order valence-corrected chi connectivity index (χ2v) is 5.10. The summed E-state index contributed by atoms with van der Waals surface area (Å²) >= 11 is 0. The van der Waals surface area contributed by atoms with Gasteiger partial charge in [0.1, 0.15) is 0 Å². The molecule has 1 unspecified atom stereocenters. The minimum Gasteiger partial charge on any atom is -0.336 e. The van der Waals surface area contributed by atoms with E-state index >= 15 is 0 Å². The van der Waals surface area contributed by atoms with E-state index < -0.39 is 4.92 Å². The third-order valence-corrected chi connectivity index (χ3v) is 3.72. The molecule has 102 valence electrons. The number of likely N-dealkylation sites (tertiary alicyclic amines) is 1. The van der Waals surface area contributed by atoms with Gasteiger partial charge < -0.3 is 4.90 Å². The molecule has 1 aliphatic rings. The zero-order valence-corrected chi connectivity index (χ0v) is 11.3. The predicted molar refractivity (Wildman–Crippen MR) is 72.2 cm³/mol. The molecule has 1 fully saturated rings. The summed E-state index contributed by atoms with van der Waals surface area (Å²) < 4.78 is 0. The minimum atomic E-state index is -0.439. The molecule has 1 aromatic rings. The fourth-order valence-electron chi connectivity index (χ4n) is 2.50. The van der Waals surface area contributed by atoms with Gasteiger partial charge in [-0.05, 0) is 39.2 Å². The maximum atomic E-state index is 12.4. The average molecular weight is 262 g/mol.